The first-order chi connectivity index (χ1) is 21.7. The van der Waals surface area contributed by atoms with Gasteiger partial charge in [-0.25, -0.2) is 15.0 Å². The zero-order valence-electron chi connectivity index (χ0n) is 24.4. The molecular formula is C37H31N7. The highest BCUT2D eigenvalue weighted by molar-refractivity contribution is 6.13. The highest BCUT2D eigenvalue weighted by Crippen LogP contribution is 2.58. The van der Waals surface area contributed by atoms with Crippen LogP contribution in [0.5, 0.6) is 0 Å². The second-order valence-electron chi connectivity index (χ2n) is 11.9. The van der Waals surface area contributed by atoms with Crippen molar-refractivity contribution < 1.29 is 0 Å². The van der Waals surface area contributed by atoms with Gasteiger partial charge in [0.05, 0.1) is 5.69 Å². The number of nitrogens with zero attached hydrogens (tertiary/aromatic N) is 7. The standard InChI is InChI=1S/C37H31N7/c1-24-23-29-28-18-10-11-19-30(28)43-35-34(38-21-22-39-35)41(2)36(43)32(29)37-42(26-15-7-4-8-16-26)33(25-13-5-3-6-14-25)40-44(37)31-20-12-9-17-27(24)31/h3-22,29,32,36-37H,1,23H2,2H3. The second kappa shape index (κ2) is 9.54. The summed E-state index contributed by atoms with van der Waals surface area (Å²) in [6.07, 6.45) is 4.23. The average Bonchev–Trinajstić information content (AvgIpc) is 3.61. The van der Waals surface area contributed by atoms with Crippen molar-refractivity contribution in [1.29, 1.82) is 0 Å². The van der Waals surface area contributed by atoms with Crippen molar-refractivity contribution in [2.45, 2.75) is 24.7 Å². The summed E-state index contributed by atoms with van der Waals surface area (Å²) in [5.74, 6) is 2.94. The van der Waals surface area contributed by atoms with Crippen molar-refractivity contribution in [1.82, 2.24) is 9.97 Å². The quantitative estimate of drug-likeness (QED) is 0.222. The minimum Gasteiger partial charge on any atom is -0.335 e. The van der Waals surface area contributed by atoms with Gasteiger partial charge in [0.15, 0.2) is 17.5 Å². The van der Waals surface area contributed by atoms with Crippen LogP contribution in [0.4, 0.5) is 28.7 Å². The Bertz CT molecular complexity index is 1940. The summed E-state index contributed by atoms with van der Waals surface area (Å²) in [7, 11) is 2.16. The highest BCUT2D eigenvalue weighted by atomic mass is 15.6. The lowest BCUT2D eigenvalue weighted by Gasteiger charge is -2.52. The summed E-state index contributed by atoms with van der Waals surface area (Å²) in [6, 6.07) is 38.7. The molecule has 5 aromatic rings. The molecule has 0 N–H and O–H groups in total. The number of aromatic nitrogens is 2. The van der Waals surface area contributed by atoms with Gasteiger partial charge in [-0.05, 0) is 41.8 Å². The predicted molar refractivity (Wildman–Crippen MR) is 177 cm³/mol. The Morgan fingerprint density at radius 3 is 2.14 bits per heavy atom. The van der Waals surface area contributed by atoms with E-state index in [1.165, 1.54) is 11.3 Å². The van der Waals surface area contributed by atoms with Crippen LogP contribution in [0.3, 0.4) is 0 Å². The number of anilines is 5. The highest BCUT2D eigenvalue weighted by Gasteiger charge is 2.57. The van der Waals surface area contributed by atoms with Crippen molar-refractivity contribution >= 4 is 40.1 Å². The molecule has 1 aromatic heterocycles. The molecule has 9 rings (SSSR count). The van der Waals surface area contributed by atoms with E-state index in [9.17, 15) is 0 Å². The van der Waals surface area contributed by atoms with E-state index >= 15 is 0 Å². The number of benzene rings is 4. The van der Waals surface area contributed by atoms with Crippen LogP contribution in [0.2, 0.25) is 0 Å². The van der Waals surface area contributed by atoms with E-state index in [1.54, 1.807) is 12.4 Å². The van der Waals surface area contributed by atoms with E-state index in [4.69, 9.17) is 21.6 Å². The molecule has 0 spiro atoms. The van der Waals surface area contributed by atoms with Crippen molar-refractivity contribution in [3.63, 3.8) is 0 Å². The molecule has 0 radical (unpaired) electrons. The first-order valence-electron chi connectivity index (χ1n) is 15.2. The van der Waals surface area contributed by atoms with Gasteiger partial charge in [-0.1, -0.05) is 91.5 Å². The number of hydrazone groups is 1. The summed E-state index contributed by atoms with van der Waals surface area (Å²) in [4.78, 5) is 16.9. The first kappa shape index (κ1) is 25.1. The van der Waals surface area contributed by atoms with Crippen LogP contribution < -0.4 is 19.7 Å². The van der Waals surface area contributed by atoms with Gasteiger partial charge in [-0.3, -0.25) is 0 Å². The Balaban J connectivity index is 1.35. The fraction of sp³-hybridized carbons (Fsp3) is 0.162. The van der Waals surface area contributed by atoms with E-state index in [-0.39, 0.29) is 24.2 Å². The molecule has 0 saturated heterocycles. The molecule has 4 atom stereocenters. The van der Waals surface area contributed by atoms with Crippen molar-refractivity contribution in [2.24, 2.45) is 11.0 Å². The molecule has 4 aliphatic rings. The minimum atomic E-state index is -0.149. The largest absolute Gasteiger partial charge is 0.335 e. The molecule has 44 heavy (non-hydrogen) atoms. The number of allylic oxidation sites excluding steroid dienone is 1. The minimum absolute atomic E-state index is 0.0469. The summed E-state index contributed by atoms with van der Waals surface area (Å²) in [5.41, 5.74) is 8.03. The summed E-state index contributed by atoms with van der Waals surface area (Å²) >= 11 is 0. The van der Waals surface area contributed by atoms with Gasteiger partial charge in [0.25, 0.3) is 0 Å². The third kappa shape index (κ3) is 3.46. The number of para-hydroxylation sites is 3. The van der Waals surface area contributed by atoms with Gasteiger partial charge in [-0.15, -0.1) is 0 Å². The summed E-state index contributed by atoms with van der Waals surface area (Å²) in [6.45, 7) is 4.69. The smallest absolute Gasteiger partial charge is 0.178 e. The van der Waals surface area contributed by atoms with Crippen molar-refractivity contribution in [3.05, 3.63) is 145 Å². The zero-order chi connectivity index (χ0) is 29.4. The van der Waals surface area contributed by atoms with E-state index in [2.05, 4.69) is 136 Å². The van der Waals surface area contributed by atoms with Crippen LogP contribution in [0.25, 0.3) is 5.57 Å². The number of hydrogen-bond acceptors (Lipinski definition) is 7. The Morgan fingerprint density at radius 2 is 1.34 bits per heavy atom. The van der Waals surface area contributed by atoms with Crippen LogP contribution in [-0.4, -0.2) is 35.2 Å². The molecule has 214 valence electrons. The third-order valence-corrected chi connectivity index (χ3v) is 9.64. The van der Waals surface area contributed by atoms with Gasteiger partial charge >= 0.3 is 0 Å². The van der Waals surface area contributed by atoms with Crippen LogP contribution in [-0.2, 0) is 0 Å². The van der Waals surface area contributed by atoms with Gasteiger partial charge < -0.3 is 14.7 Å². The summed E-state index contributed by atoms with van der Waals surface area (Å²) in [5, 5.41) is 7.79. The maximum atomic E-state index is 5.52. The normalized spacial score (nSPS) is 23.0. The number of amidine groups is 1. The van der Waals surface area contributed by atoms with Crippen LogP contribution in [0, 0.1) is 5.92 Å². The molecule has 0 aliphatic carbocycles. The van der Waals surface area contributed by atoms with Crippen LogP contribution in [0.1, 0.15) is 29.0 Å². The van der Waals surface area contributed by atoms with Gasteiger partial charge in [0.1, 0.15) is 12.3 Å². The molecule has 4 aromatic carbocycles. The summed E-state index contributed by atoms with van der Waals surface area (Å²) < 4.78 is 0. The number of rotatable bonds is 2. The molecule has 0 bridgehead atoms. The number of fused-ring (bicyclic) bond motifs is 12. The van der Waals surface area contributed by atoms with Gasteiger partial charge in [-0.2, -0.15) is 5.10 Å². The van der Waals surface area contributed by atoms with E-state index in [0.29, 0.717) is 0 Å². The number of hydrogen-bond donors (Lipinski definition) is 0. The van der Waals surface area contributed by atoms with E-state index in [1.807, 2.05) is 0 Å². The molecule has 0 saturated carbocycles. The lowest BCUT2D eigenvalue weighted by Crippen LogP contribution is -2.61. The van der Waals surface area contributed by atoms with Crippen molar-refractivity contribution in [2.75, 3.05) is 26.8 Å². The molecule has 4 unspecified atom stereocenters. The Labute approximate surface area is 257 Å². The third-order valence-electron chi connectivity index (χ3n) is 9.64. The second-order valence-corrected chi connectivity index (χ2v) is 11.9. The monoisotopic (exact) mass is 573 g/mol. The predicted octanol–water partition coefficient (Wildman–Crippen LogP) is 7.24. The molecule has 7 nitrogen and oxygen atoms in total. The maximum absolute atomic E-state index is 5.52. The van der Waals surface area contributed by atoms with Gasteiger partial charge in [0, 0.05) is 53.8 Å². The first-order valence-corrected chi connectivity index (χ1v) is 15.2. The Kier molecular flexibility index (Phi) is 5.44. The zero-order valence-corrected chi connectivity index (χ0v) is 24.4. The topological polar surface area (TPSA) is 51.1 Å². The molecule has 4 aliphatic heterocycles. The van der Waals surface area contributed by atoms with Crippen LogP contribution in [0.15, 0.2) is 133 Å². The lowest BCUT2D eigenvalue weighted by molar-refractivity contribution is 0.281. The molecule has 0 fully saturated rings. The fourth-order valence-electron chi connectivity index (χ4n) is 7.87. The molecule has 7 heteroatoms. The maximum Gasteiger partial charge on any atom is 0.178 e. The molecular weight excluding hydrogens is 542 g/mol. The van der Waals surface area contributed by atoms with E-state index in [0.717, 1.165) is 52.0 Å². The van der Waals surface area contributed by atoms with E-state index < -0.39 is 0 Å². The Hall–Kier alpha value is -5.43. The lowest BCUT2D eigenvalue weighted by atomic mass is 9.72. The molecule has 5 heterocycles. The van der Waals surface area contributed by atoms with Gasteiger partial charge in [0.2, 0.25) is 0 Å². The van der Waals surface area contributed by atoms with Crippen molar-refractivity contribution in [3.8, 4) is 0 Å². The molecule has 0 amide bonds. The SMILES string of the molecule is C=C1CC2c3ccccc3N3c4nccnc4N(C)C3C2C2N(N=C(c3ccccc3)N2c2ccccc2)c2ccccc21. The van der Waals surface area contributed by atoms with Crippen LogP contribution >= 0.6 is 0 Å². The average molecular weight is 574 g/mol. The fourth-order valence-corrected chi connectivity index (χ4v) is 7.87. The Morgan fingerprint density at radius 1 is 0.682 bits per heavy atom.